The molecular weight excluding hydrogens is 298 g/mol. The van der Waals surface area contributed by atoms with Crippen molar-refractivity contribution in [3.8, 4) is 5.75 Å². The van der Waals surface area contributed by atoms with Gasteiger partial charge in [-0.05, 0) is 32.0 Å². The van der Waals surface area contributed by atoms with Crippen LogP contribution in [0.5, 0.6) is 5.75 Å². The van der Waals surface area contributed by atoms with Crippen LogP contribution in [0.25, 0.3) is 0 Å². The van der Waals surface area contributed by atoms with E-state index in [2.05, 4.69) is 21.2 Å². The minimum atomic E-state index is -0.487. The van der Waals surface area contributed by atoms with E-state index in [9.17, 15) is 0 Å². The highest BCUT2D eigenvalue weighted by atomic mass is 79.9. The molecule has 0 spiro atoms. The predicted octanol–water partition coefficient (Wildman–Crippen LogP) is 3.02. The Morgan fingerprint density at radius 1 is 1.33 bits per heavy atom. The molecule has 1 heterocycles. The molecule has 1 saturated heterocycles. The van der Waals surface area contributed by atoms with Crippen molar-refractivity contribution >= 4 is 21.6 Å². The van der Waals surface area contributed by atoms with Crippen LogP contribution in [0.4, 0.5) is 5.69 Å². The minimum Gasteiger partial charge on any atom is -0.495 e. The number of nitrogens with one attached hydrogen (secondary N) is 1. The highest BCUT2D eigenvalue weighted by Gasteiger charge is 2.28. The SMILES string of the molecule is COc1ccc(Br)cc1NC1COC(C)(C)OC1. The Hall–Kier alpha value is -0.780. The van der Waals surface area contributed by atoms with Crippen molar-refractivity contribution in [2.45, 2.75) is 25.7 Å². The summed E-state index contributed by atoms with van der Waals surface area (Å²) in [6, 6.07) is 5.97. The summed E-state index contributed by atoms with van der Waals surface area (Å²) in [6.07, 6.45) is 0. The highest BCUT2D eigenvalue weighted by Crippen LogP contribution is 2.29. The normalized spacial score (nSPS) is 19.6. The molecular formula is C13H18BrNO3. The van der Waals surface area contributed by atoms with Crippen molar-refractivity contribution in [3.63, 3.8) is 0 Å². The number of anilines is 1. The Morgan fingerprint density at radius 2 is 2.00 bits per heavy atom. The number of hydrogen-bond donors (Lipinski definition) is 1. The molecule has 18 heavy (non-hydrogen) atoms. The van der Waals surface area contributed by atoms with Gasteiger partial charge >= 0.3 is 0 Å². The number of halogens is 1. The molecule has 1 aromatic carbocycles. The molecule has 1 fully saturated rings. The first-order valence-electron chi connectivity index (χ1n) is 5.88. The molecule has 2 rings (SSSR count). The molecule has 5 heteroatoms. The zero-order valence-corrected chi connectivity index (χ0v) is 12.4. The van der Waals surface area contributed by atoms with Gasteiger partial charge < -0.3 is 19.5 Å². The Balaban J connectivity index is 2.04. The fraction of sp³-hybridized carbons (Fsp3) is 0.538. The minimum absolute atomic E-state index is 0.126. The van der Waals surface area contributed by atoms with Crippen molar-refractivity contribution in [1.82, 2.24) is 0 Å². The molecule has 0 aliphatic carbocycles. The van der Waals surface area contributed by atoms with Gasteiger partial charge in [-0.3, -0.25) is 0 Å². The van der Waals surface area contributed by atoms with E-state index in [-0.39, 0.29) is 6.04 Å². The standard InChI is InChI=1S/C13H18BrNO3/c1-13(2)17-7-10(8-18-13)15-11-6-9(14)4-5-12(11)16-3/h4-6,10,15H,7-8H2,1-3H3. The largest absolute Gasteiger partial charge is 0.495 e. The third-order valence-electron chi connectivity index (χ3n) is 2.79. The lowest BCUT2D eigenvalue weighted by Gasteiger charge is -2.35. The van der Waals surface area contributed by atoms with Crippen molar-refractivity contribution in [3.05, 3.63) is 22.7 Å². The van der Waals surface area contributed by atoms with Crippen LogP contribution in [-0.2, 0) is 9.47 Å². The van der Waals surface area contributed by atoms with Gasteiger partial charge in [0.15, 0.2) is 5.79 Å². The summed E-state index contributed by atoms with van der Waals surface area (Å²) >= 11 is 3.45. The van der Waals surface area contributed by atoms with Crippen LogP contribution in [0, 0.1) is 0 Å². The molecule has 0 atom stereocenters. The first-order valence-corrected chi connectivity index (χ1v) is 6.67. The van der Waals surface area contributed by atoms with Gasteiger partial charge in [-0.2, -0.15) is 0 Å². The third kappa shape index (κ3) is 3.37. The predicted molar refractivity (Wildman–Crippen MR) is 74.1 cm³/mol. The molecule has 4 nitrogen and oxygen atoms in total. The van der Waals surface area contributed by atoms with Crippen LogP contribution in [-0.4, -0.2) is 32.2 Å². The first-order chi connectivity index (χ1) is 8.50. The van der Waals surface area contributed by atoms with Crippen molar-refractivity contribution in [2.75, 3.05) is 25.6 Å². The maximum atomic E-state index is 5.62. The van der Waals surface area contributed by atoms with E-state index in [1.807, 2.05) is 32.0 Å². The van der Waals surface area contributed by atoms with Gasteiger partial charge in [0.25, 0.3) is 0 Å². The van der Waals surface area contributed by atoms with E-state index in [1.54, 1.807) is 7.11 Å². The summed E-state index contributed by atoms with van der Waals surface area (Å²) in [7, 11) is 1.66. The summed E-state index contributed by atoms with van der Waals surface area (Å²) in [5, 5.41) is 3.37. The van der Waals surface area contributed by atoms with Crippen LogP contribution in [0.1, 0.15) is 13.8 Å². The van der Waals surface area contributed by atoms with Gasteiger partial charge in [0.05, 0.1) is 32.1 Å². The molecule has 0 radical (unpaired) electrons. The second kappa shape index (κ2) is 5.47. The molecule has 0 saturated carbocycles. The van der Waals surface area contributed by atoms with E-state index in [0.29, 0.717) is 13.2 Å². The topological polar surface area (TPSA) is 39.7 Å². The van der Waals surface area contributed by atoms with Crippen LogP contribution in [0.15, 0.2) is 22.7 Å². The van der Waals surface area contributed by atoms with Crippen molar-refractivity contribution in [1.29, 1.82) is 0 Å². The van der Waals surface area contributed by atoms with E-state index < -0.39 is 5.79 Å². The van der Waals surface area contributed by atoms with E-state index >= 15 is 0 Å². The van der Waals surface area contributed by atoms with E-state index in [1.165, 1.54) is 0 Å². The monoisotopic (exact) mass is 315 g/mol. The van der Waals surface area contributed by atoms with E-state index in [0.717, 1.165) is 15.9 Å². The fourth-order valence-electron chi connectivity index (χ4n) is 1.79. The Bertz CT molecular complexity index is 413. The molecule has 1 aliphatic rings. The summed E-state index contributed by atoms with van der Waals surface area (Å²) in [5.74, 6) is 0.322. The van der Waals surface area contributed by atoms with Crippen LogP contribution in [0.3, 0.4) is 0 Å². The fourth-order valence-corrected chi connectivity index (χ4v) is 2.15. The third-order valence-corrected chi connectivity index (χ3v) is 3.28. The molecule has 1 aliphatic heterocycles. The molecule has 1 aromatic rings. The van der Waals surface area contributed by atoms with Gasteiger partial charge in [0.1, 0.15) is 5.75 Å². The number of ether oxygens (including phenoxy) is 3. The van der Waals surface area contributed by atoms with Crippen LogP contribution in [0.2, 0.25) is 0 Å². The average Bonchev–Trinajstić information content (AvgIpc) is 2.32. The van der Waals surface area contributed by atoms with Crippen LogP contribution < -0.4 is 10.1 Å². The lowest BCUT2D eigenvalue weighted by Crippen LogP contribution is -2.45. The van der Waals surface area contributed by atoms with Crippen LogP contribution >= 0.6 is 15.9 Å². The molecule has 100 valence electrons. The summed E-state index contributed by atoms with van der Waals surface area (Å²) < 4.78 is 17.6. The number of hydrogen-bond acceptors (Lipinski definition) is 4. The lowest BCUT2D eigenvalue weighted by atomic mass is 10.2. The Morgan fingerprint density at radius 3 is 2.61 bits per heavy atom. The van der Waals surface area contributed by atoms with Crippen molar-refractivity contribution < 1.29 is 14.2 Å². The molecule has 0 aromatic heterocycles. The number of benzene rings is 1. The summed E-state index contributed by atoms with van der Waals surface area (Å²) in [5.41, 5.74) is 0.934. The molecule has 0 unspecified atom stereocenters. The van der Waals surface area contributed by atoms with Gasteiger partial charge in [0.2, 0.25) is 0 Å². The zero-order valence-electron chi connectivity index (χ0n) is 10.8. The summed E-state index contributed by atoms with van der Waals surface area (Å²) in [6.45, 7) is 5.07. The van der Waals surface area contributed by atoms with Gasteiger partial charge in [0, 0.05) is 4.47 Å². The Labute approximate surface area is 116 Å². The second-order valence-electron chi connectivity index (χ2n) is 4.71. The Kier molecular flexibility index (Phi) is 4.14. The maximum Gasteiger partial charge on any atom is 0.162 e. The molecule has 1 N–H and O–H groups in total. The smallest absolute Gasteiger partial charge is 0.162 e. The number of rotatable bonds is 3. The summed E-state index contributed by atoms with van der Waals surface area (Å²) in [4.78, 5) is 0. The highest BCUT2D eigenvalue weighted by molar-refractivity contribution is 9.10. The first kappa shape index (κ1) is 13.6. The second-order valence-corrected chi connectivity index (χ2v) is 5.62. The molecule has 0 amide bonds. The lowest BCUT2D eigenvalue weighted by molar-refractivity contribution is -0.247. The average molecular weight is 316 g/mol. The van der Waals surface area contributed by atoms with Gasteiger partial charge in [-0.1, -0.05) is 15.9 Å². The van der Waals surface area contributed by atoms with Gasteiger partial charge in [-0.15, -0.1) is 0 Å². The quantitative estimate of drug-likeness (QED) is 0.930. The van der Waals surface area contributed by atoms with E-state index in [4.69, 9.17) is 14.2 Å². The molecule has 0 bridgehead atoms. The number of methoxy groups -OCH3 is 1. The van der Waals surface area contributed by atoms with Crippen molar-refractivity contribution in [2.24, 2.45) is 0 Å². The van der Waals surface area contributed by atoms with Gasteiger partial charge in [-0.25, -0.2) is 0 Å². The maximum absolute atomic E-state index is 5.62. The zero-order chi connectivity index (χ0) is 13.2.